The van der Waals surface area contributed by atoms with Crippen LogP contribution in [0.5, 0.6) is 0 Å². The second-order valence-corrected chi connectivity index (χ2v) is 7.45. The third kappa shape index (κ3) is 2.91. The number of halogens is 1. The van der Waals surface area contributed by atoms with Crippen molar-refractivity contribution in [2.45, 2.75) is 19.4 Å². The van der Waals surface area contributed by atoms with Crippen LogP contribution in [-0.2, 0) is 13.6 Å². The number of hydrogen-bond acceptors (Lipinski definition) is 3. The molecule has 3 heterocycles. The molecule has 4 nitrogen and oxygen atoms in total. The van der Waals surface area contributed by atoms with Crippen molar-refractivity contribution in [1.82, 2.24) is 20.0 Å². The molecule has 2 aromatic rings. The van der Waals surface area contributed by atoms with E-state index in [9.17, 15) is 0 Å². The number of likely N-dealkylation sites (tertiary alicyclic amines) is 1. The molecule has 23 heavy (non-hydrogen) atoms. The highest BCUT2D eigenvalue weighted by Gasteiger charge is 2.40. The number of benzene rings is 1. The summed E-state index contributed by atoms with van der Waals surface area (Å²) in [6.45, 7) is 5.67. The van der Waals surface area contributed by atoms with Crippen LogP contribution in [0.15, 0.2) is 30.5 Å². The Morgan fingerprint density at radius 1 is 1.30 bits per heavy atom. The summed E-state index contributed by atoms with van der Waals surface area (Å²) in [6.07, 6.45) is 4.76. The van der Waals surface area contributed by atoms with Crippen LogP contribution in [0.2, 0.25) is 5.02 Å². The molecule has 2 fully saturated rings. The molecule has 4 rings (SSSR count). The summed E-state index contributed by atoms with van der Waals surface area (Å²) in [6, 6.07) is 7.98. The predicted molar refractivity (Wildman–Crippen MR) is 93.5 cm³/mol. The third-order valence-electron chi connectivity index (χ3n) is 5.28. The Morgan fingerprint density at radius 3 is 2.96 bits per heavy atom. The van der Waals surface area contributed by atoms with Crippen molar-refractivity contribution in [3.8, 4) is 11.3 Å². The Bertz CT molecular complexity index is 703. The molecule has 0 bridgehead atoms. The van der Waals surface area contributed by atoms with Gasteiger partial charge in [0.1, 0.15) is 0 Å². The topological polar surface area (TPSA) is 33.1 Å². The van der Waals surface area contributed by atoms with E-state index in [1.54, 1.807) is 0 Å². The van der Waals surface area contributed by atoms with Gasteiger partial charge in [0.05, 0.1) is 10.7 Å². The molecule has 2 aliphatic heterocycles. The number of aromatic nitrogens is 2. The molecular weight excluding hydrogens is 308 g/mol. The first-order chi connectivity index (χ1) is 11.2. The van der Waals surface area contributed by atoms with Gasteiger partial charge in [0.15, 0.2) is 0 Å². The molecule has 1 atom stereocenters. The lowest BCUT2D eigenvalue weighted by molar-refractivity contribution is 0.269. The Labute approximate surface area is 142 Å². The minimum Gasteiger partial charge on any atom is -0.316 e. The highest BCUT2D eigenvalue weighted by Crippen LogP contribution is 2.37. The summed E-state index contributed by atoms with van der Waals surface area (Å²) in [4.78, 5) is 2.57. The normalized spacial score (nSPS) is 24.8. The number of nitrogens with one attached hydrogen (secondary N) is 1. The van der Waals surface area contributed by atoms with Gasteiger partial charge >= 0.3 is 0 Å². The maximum absolute atomic E-state index is 6.38. The van der Waals surface area contributed by atoms with Crippen LogP contribution < -0.4 is 5.32 Å². The second kappa shape index (κ2) is 5.93. The first-order valence-electron chi connectivity index (χ1n) is 8.36. The van der Waals surface area contributed by atoms with Crippen molar-refractivity contribution in [3.63, 3.8) is 0 Å². The van der Waals surface area contributed by atoms with Crippen molar-refractivity contribution >= 4 is 11.6 Å². The van der Waals surface area contributed by atoms with E-state index in [0.717, 1.165) is 22.8 Å². The fourth-order valence-corrected chi connectivity index (χ4v) is 4.31. The highest BCUT2D eigenvalue weighted by molar-refractivity contribution is 6.33. The van der Waals surface area contributed by atoms with Crippen molar-refractivity contribution in [2.24, 2.45) is 12.5 Å². The van der Waals surface area contributed by atoms with Gasteiger partial charge in [0.25, 0.3) is 0 Å². The van der Waals surface area contributed by atoms with Crippen molar-refractivity contribution in [2.75, 3.05) is 26.2 Å². The molecule has 1 aromatic carbocycles. The lowest BCUT2D eigenvalue weighted by atomic mass is 9.86. The Hall–Kier alpha value is -1.36. The number of nitrogens with zero attached hydrogens (tertiary/aromatic N) is 3. The molecule has 2 saturated heterocycles. The summed E-state index contributed by atoms with van der Waals surface area (Å²) in [5.41, 5.74) is 3.82. The van der Waals surface area contributed by atoms with Gasteiger partial charge in [-0.2, -0.15) is 5.10 Å². The number of rotatable bonds is 3. The van der Waals surface area contributed by atoms with E-state index in [4.69, 9.17) is 11.6 Å². The fraction of sp³-hybridized carbons (Fsp3) is 0.500. The first kappa shape index (κ1) is 15.2. The van der Waals surface area contributed by atoms with Crippen LogP contribution >= 0.6 is 11.6 Å². The summed E-state index contributed by atoms with van der Waals surface area (Å²) < 4.78 is 1.90. The Morgan fingerprint density at radius 2 is 2.17 bits per heavy atom. The van der Waals surface area contributed by atoms with Crippen LogP contribution in [0, 0.1) is 5.41 Å². The monoisotopic (exact) mass is 330 g/mol. The smallest absolute Gasteiger partial charge is 0.0983 e. The van der Waals surface area contributed by atoms with Gasteiger partial charge in [0.2, 0.25) is 0 Å². The SMILES string of the molecule is Cn1cc(CN2CCC3(CCNC3)C2)c(-c2ccccc2Cl)n1. The van der Waals surface area contributed by atoms with Crippen molar-refractivity contribution in [1.29, 1.82) is 0 Å². The molecule has 0 aliphatic carbocycles. The van der Waals surface area contributed by atoms with Gasteiger partial charge in [-0.15, -0.1) is 0 Å². The largest absolute Gasteiger partial charge is 0.316 e. The zero-order valence-corrected chi connectivity index (χ0v) is 14.3. The zero-order valence-electron chi connectivity index (χ0n) is 13.6. The fourth-order valence-electron chi connectivity index (χ4n) is 4.08. The minimum atomic E-state index is 0.507. The summed E-state index contributed by atoms with van der Waals surface area (Å²) in [7, 11) is 1.98. The molecular formula is C18H23ClN4. The lowest BCUT2D eigenvalue weighted by Crippen LogP contribution is -2.29. The molecule has 1 unspecified atom stereocenters. The van der Waals surface area contributed by atoms with Gasteiger partial charge in [0, 0.05) is 44.0 Å². The van der Waals surface area contributed by atoms with E-state index in [-0.39, 0.29) is 0 Å². The van der Waals surface area contributed by atoms with Crippen LogP contribution in [0.4, 0.5) is 0 Å². The quantitative estimate of drug-likeness (QED) is 0.939. The van der Waals surface area contributed by atoms with Gasteiger partial charge in [-0.1, -0.05) is 29.8 Å². The average molecular weight is 331 g/mol. The lowest BCUT2D eigenvalue weighted by Gasteiger charge is -2.22. The van der Waals surface area contributed by atoms with E-state index in [2.05, 4.69) is 27.6 Å². The van der Waals surface area contributed by atoms with Crippen LogP contribution in [0.3, 0.4) is 0 Å². The summed E-state index contributed by atoms with van der Waals surface area (Å²) in [5, 5.41) is 8.96. The second-order valence-electron chi connectivity index (χ2n) is 7.04. The van der Waals surface area contributed by atoms with Gasteiger partial charge in [-0.25, -0.2) is 0 Å². The molecule has 0 saturated carbocycles. The van der Waals surface area contributed by atoms with Crippen LogP contribution in [0.1, 0.15) is 18.4 Å². The third-order valence-corrected chi connectivity index (χ3v) is 5.61. The summed E-state index contributed by atoms with van der Waals surface area (Å²) in [5.74, 6) is 0. The van der Waals surface area contributed by atoms with Crippen LogP contribution in [0.25, 0.3) is 11.3 Å². The van der Waals surface area contributed by atoms with Gasteiger partial charge in [-0.05, 0) is 37.4 Å². The minimum absolute atomic E-state index is 0.507. The Balaban J connectivity index is 1.57. The molecule has 1 aromatic heterocycles. The van der Waals surface area contributed by atoms with Gasteiger partial charge < -0.3 is 5.32 Å². The van der Waals surface area contributed by atoms with E-state index < -0.39 is 0 Å². The molecule has 2 aliphatic rings. The van der Waals surface area contributed by atoms with Crippen LogP contribution in [-0.4, -0.2) is 40.9 Å². The molecule has 0 amide bonds. The Kier molecular flexibility index (Phi) is 3.92. The standard InChI is InChI=1S/C18H23ClN4/c1-22-10-14(17(21-22)15-4-2-3-5-16(15)19)11-23-9-7-18(13-23)6-8-20-12-18/h2-5,10,20H,6-9,11-13H2,1H3. The first-order valence-corrected chi connectivity index (χ1v) is 8.74. The number of aryl methyl sites for hydroxylation is 1. The predicted octanol–water partition coefficient (Wildman–Crippen LogP) is 2.93. The van der Waals surface area contributed by atoms with E-state index in [1.807, 2.05) is 29.9 Å². The van der Waals surface area contributed by atoms with Crippen molar-refractivity contribution < 1.29 is 0 Å². The molecule has 5 heteroatoms. The zero-order chi connectivity index (χ0) is 15.9. The van der Waals surface area contributed by atoms with E-state index >= 15 is 0 Å². The molecule has 0 radical (unpaired) electrons. The maximum atomic E-state index is 6.38. The highest BCUT2D eigenvalue weighted by atomic mass is 35.5. The maximum Gasteiger partial charge on any atom is 0.0983 e. The van der Waals surface area contributed by atoms with Crippen molar-refractivity contribution in [3.05, 3.63) is 41.0 Å². The molecule has 1 N–H and O–H groups in total. The average Bonchev–Trinajstić information content (AvgIpc) is 3.23. The van der Waals surface area contributed by atoms with E-state index in [1.165, 1.54) is 44.6 Å². The van der Waals surface area contributed by atoms with Gasteiger partial charge in [-0.3, -0.25) is 9.58 Å². The van der Waals surface area contributed by atoms with E-state index in [0.29, 0.717) is 5.41 Å². The molecule has 122 valence electrons. The number of hydrogen-bond donors (Lipinski definition) is 1. The molecule has 1 spiro atoms. The summed E-state index contributed by atoms with van der Waals surface area (Å²) >= 11 is 6.38.